The van der Waals surface area contributed by atoms with Crippen molar-refractivity contribution in [2.24, 2.45) is 0 Å². The van der Waals surface area contributed by atoms with Crippen molar-refractivity contribution in [3.8, 4) is 0 Å². The molecule has 0 aromatic rings. The molecule has 0 saturated carbocycles. The van der Waals surface area contributed by atoms with Crippen molar-refractivity contribution in [3.63, 3.8) is 0 Å². The normalized spacial score (nSPS) is 15.8. The third-order valence-electron chi connectivity index (χ3n) is 1.37. The average molecular weight is 191 g/mol. The van der Waals surface area contributed by atoms with E-state index in [0.29, 0.717) is 11.1 Å². The third-order valence-corrected chi connectivity index (χ3v) is 1.86. The van der Waals surface area contributed by atoms with Crippen LogP contribution >= 0.6 is 23.2 Å². The van der Waals surface area contributed by atoms with E-state index >= 15 is 0 Å². The fourth-order valence-electron chi connectivity index (χ4n) is 0.794. The fourth-order valence-corrected chi connectivity index (χ4v) is 1.05. The summed E-state index contributed by atoms with van der Waals surface area (Å²) in [5.74, 6) is 0. The molecule has 0 amide bonds. The monoisotopic (exact) mass is 190 g/mol. The summed E-state index contributed by atoms with van der Waals surface area (Å²) in [6, 6.07) is 0. The number of carbonyl (C=O) groups excluding carboxylic acids is 2. The van der Waals surface area contributed by atoms with Gasteiger partial charge in [-0.1, -0.05) is 12.2 Å². The highest BCUT2D eigenvalue weighted by Gasteiger charge is 2.16. The van der Waals surface area contributed by atoms with Gasteiger partial charge in [0.05, 0.1) is 0 Å². The van der Waals surface area contributed by atoms with E-state index in [2.05, 4.69) is 0 Å². The smallest absolute Gasteiger partial charge is 0.248 e. The number of hydrogen-bond donors (Lipinski definition) is 0. The van der Waals surface area contributed by atoms with Gasteiger partial charge < -0.3 is 0 Å². The lowest BCUT2D eigenvalue weighted by Gasteiger charge is -1.93. The van der Waals surface area contributed by atoms with Crippen molar-refractivity contribution < 1.29 is 9.59 Å². The molecule has 0 bridgehead atoms. The largest absolute Gasteiger partial charge is 0.276 e. The van der Waals surface area contributed by atoms with Crippen LogP contribution in [-0.2, 0) is 9.59 Å². The molecule has 0 aliphatic heterocycles. The summed E-state index contributed by atoms with van der Waals surface area (Å²) in [5.41, 5.74) is 0.825. The number of halogens is 2. The molecule has 0 saturated heterocycles. The quantitative estimate of drug-likeness (QED) is 0.623. The van der Waals surface area contributed by atoms with Gasteiger partial charge in [0.15, 0.2) is 0 Å². The van der Waals surface area contributed by atoms with Crippen molar-refractivity contribution in [3.05, 3.63) is 23.3 Å². The molecule has 4 heteroatoms. The van der Waals surface area contributed by atoms with Crippen LogP contribution in [0.3, 0.4) is 0 Å². The molecular formula is C7H4Cl2O2. The topological polar surface area (TPSA) is 34.1 Å². The Morgan fingerprint density at radius 2 is 1.45 bits per heavy atom. The van der Waals surface area contributed by atoms with Gasteiger partial charge in [0.25, 0.3) is 0 Å². The Hall–Kier alpha value is -0.600. The van der Waals surface area contributed by atoms with Crippen molar-refractivity contribution in [2.75, 3.05) is 0 Å². The van der Waals surface area contributed by atoms with Crippen LogP contribution in [-0.4, -0.2) is 10.5 Å². The molecule has 1 aliphatic rings. The minimum absolute atomic E-state index is 0.255. The van der Waals surface area contributed by atoms with Crippen molar-refractivity contribution >= 4 is 33.7 Å². The van der Waals surface area contributed by atoms with Gasteiger partial charge in [-0.2, -0.15) is 0 Å². The van der Waals surface area contributed by atoms with Crippen LogP contribution in [0.2, 0.25) is 0 Å². The van der Waals surface area contributed by atoms with Gasteiger partial charge in [-0.25, -0.2) is 0 Å². The van der Waals surface area contributed by atoms with Crippen LogP contribution in [0.5, 0.6) is 0 Å². The molecule has 0 aromatic heterocycles. The molecule has 58 valence electrons. The first-order valence-corrected chi connectivity index (χ1v) is 3.66. The maximum absolute atomic E-state index is 10.5. The lowest BCUT2D eigenvalue weighted by Crippen LogP contribution is -1.95. The number of allylic oxidation sites excluding steroid dienone is 4. The summed E-state index contributed by atoms with van der Waals surface area (Å²) in [7, 11) is 0. The highest BCUT2D eigenvalue weighted by atomic mass is 35.5. The Bertz CT molecular complexity index is 248. The molecule has 0 N–H and O–H groups in total. The van der Waals surface area contributed by atoms with Gasteiger partial charge in [0.2, 0.25) is 10.5 Å². The number of carbonyl (C=O) groups is 2. The van der Waals surface area contributed by atoms with Gasteiger partial charge in [-0.05, 0) is 23.2 Å². The zero-order valence-electron chi connectivity index (χ0n) is 5.43. The van der Waals surface area contributed by atoms with Gasteiger partial charge in [0.1, 0.15) is 0 Å². The van der Waals surface area contributed by atoms with Gasteiger partial charge >= 0.3 is 0 Å². The molecule has 1 aliphatic carbocycles. The van der Waals surface area contributed by atoms with Crippen molar-refractivity contribution in [1.29, 1.82) is 0 Å². The molecule has 1 rings (SSSR count). The molecular weight excluding hydrogens is 187 g/mol. The SMILES string of the molecule is O=C(Cl)C1=CC=C(C(=O)Cl)C1. The minimum Gasteiger partial charge on any atom is -0.276 e. The predicted octanol–water partition coefficient (Wildman–Crippen LogP) is 1.77. The van der Waals surface area contributed by atoms with Gasteiger partial charge in [-0.15, -0.1) is 0 Å². The maximum Gasteiger partial charge on any atom is 0.248 e. The summed E-state index contributed by atoms with van der Waals surface area (Å²) in [4.78, 5) is 21.0. The van der Waals surface area contributed by atoms with Crippen LogP contribution in [0.1, 0.15) is 6.42 Å². The summed E-state index contributed by atoms with van der Waals surface area (Å²) in [6.07, 6.45) is 3.26. The van der Waals surface area contributed by atoms with E-state index in [1.165, 1.54) is 12.2 Å². The molecule has 0 aromatic carbocycles. The summed E-state index contributed by atoms with van der Waals surface area (Å²) in [5, 5.41) is -1.07. The third kappa shape index (κ3) is 1.91. The minimum atomic E-state index is -0.533. The van der Waals surface area contributed by atoms with Crippen molar-refractivity contribution in [1.82, 2.24) is 0 Å². The number of hydrogen-bond acceptors (Lipinski definition) is 2. The summed E-state index contributed by atoms with van der Waals surface area (Å²) >= 11 is 10.3. The molecule has 11 heavy (non-hydrogen) atoms. The molecule has 0 heterocycles. The van der Waals surface area contributed by atoms with Gasteiger partial charge in [0, 0.05) is 17.6 Å². The van der Waals surface area contributed by atoms with Crippen molar-refractivity contribution in [2.45, 2.75) is 6.42 Å². The fraction of sp³-hybridized carbons (Fsp3) is 0.143. The zero-order valence-corrected chi connectivity index (χ0v) is 6.95. The average Bonchev–Trinajstić information content (AvgIpc) is 2.33. The van der Waals surface area contributed by atoms with E-state index in [1.807, 2.05) is 0 Å². The molecule has 0 fully saturated rings. The highest BCUT2D eigenvalue weighted by molar-refractivity contribution is 6.69. The molecule has 0 atom stereocenters. The molecule has 0 unspecified atom stereocenters. The lowest BCUT2D eigenvalue weighted by molar-refractivity contribution is -0.108. The van der Waals surface area contributed by atoms with Crippen LogP contribution in [0, 0.1) is 0 Å². The Kier molecular flexibility index (Phi) is 2.47. The summed E-state index contributed by atoms with van der Waals surface area (Å²) < 4.78 is 0. The first-order chi connectivity index (χ1) is 5.11. The highest BCUT2D eigenvalue weighted by Crippen LogP contribution is 2.22. The Labute approximate surface area is 73.5 Å². The lowest BCUT2D eigenvalue weighted by atomic mass is 10.2. The van der Waals surface area contributed by atoms with Crippen LogP contribution in [0.4, 0.5) is 0 Å². The van der Waals surface area contributed by atoms with E-state index in [1.54, 1.807) is 0 Å². The standard InChI is InChI=1S/C7H4Cl2O2/c8-6(10)4-1-2-5(3-4)7(9)11/h1-2H,3H2. The first kappa shape index (κ1) is 8.50. The Morgan fingerprint density at radius 3 is 1.64 bits per heavy atom. The zero-order chi connectivity index (χ0) is 8.43. The second-order valence-electron chi connectivity index (χ2n) is 2.11. The second kappa shape index (κ2) is 3.20. The van der Waals surface area contributed by atoms with E-state index in [9.17, 15) is 9.59 Å². The van der Waals surface area contributed by atoms with E-state index in [4.69, 9.17) is 23.2 Å². The summed E-state index contributed by atoms with van der Waals surface area (Å²) in [6.45, 7) is 0. The van der Waals surface area contributed by atoms with E-state index in [0.717, 1.165) is 0 Å². The van der Waals surface area contributed by atoms with Crippen LogP contribution < -0.4 is 0 Å². The van der Waals surface area contributed by atoms with E-state index < -0.39 is 10.5 Å². The molecule has 0 radical (unpaired) electrons. The van der Waals surface area contributed by atoms with E-state index in [-0.39, 0.29) is 6.42 Å². The second-order valence-corrected chi connectivity index (χ2v) is 2.79. The molecule has 0 spiro atoms. The van der Waals surface area contributed by atoms with Crippen LogP contribution in [0.15, 0.2) is 23.3 Å². The predicted molar refractivity (Wildman–Crippen MR) is 42.5 cm³/mol. The maximum atomic E-state index is 10.5. The Balaban J connectivity index is 2.66. The van der Waals surface area contributed by atoms with Gasteiger partial charge in [-0.3, -0.25) is 9.59 Å². The number of rotatable bonds is 2. The van der Waals surface area contributed by atoms with Crippen LogP contribution in [0.25, 0.3) is 0 Å². The molecule has 2 nitrogen and oxygen atoms in total. The first-order valence-electron chi connectivity index (χ1n) is 2.90. The Morgan fingerprint density at radius 1 is 1.09 bits per heavy atom.